The fraction of sp³-hybridized carbons (Fsp3) is 0.833. The van der Waals surface area contributed by atoms with Crippen LogP contribution in [-0.4, -0.2) is 43.4 Å². The number of carbonyl (C=O) groups is 2. The summed E-state index contributed by atoms with van der Waals surface area (Å²) >= 11 is 0. The Hall–Kier alpha value is -1.35. The molecule has 1 aliphatic carbocycles. The zero-order valence-electron chi connectivity index (χ0n) is 12.1. The molecule has 0 aromatic carbocycles. The number of primary sulfonamides is 1. The van der Waals surface area contributed by atoms with E-state index in [-0.39, 0.29) is 6.54 Å². The zero-order valence-corrected chi connectivity index (χ0v) is 12.9. The molecular formula is C12H23N3O5S. The number of carbonyl (C=O) groups excluding carboxylic acids is 1. The lowest BCUT2D eigenvalue weighted by molar-refractivity contribution is -0.146. The summed E-state index contributed by atoms with van der Waals surface area (Å²) in [4.78, 5) is 23.2. The Morgan fingerprint density at radius 3 is 2.33 bits per heavy atom. The van der Waals surface area contributed by atoms with Gasteiger partial charge in [0.05, 0.1) is 5.75 Å². The predicted octanol–water partition coefficient (Wildman–Crippen LogP) is -0.00230. The molecule has 0 radical (unpaired) electrons. The highest BCUT2D eigenvalue weighted by molar-refractivity contribution is 7.89. The van der Waals surface area contributed by atoms with Crippen molar-refractivity contribution in [2.45, 2.75) is 44.6 Å². The number of aliphatic carboxylic acids is 1. The van der Waals surface area contributed by atoms with Crippen LogP contribution >= 0.6 is 0 Å². The number of hydrogen-bond donors (Lipinski definition) is 4. The first-order valence-electron chi connectivity index (χ1n) is 6.98. The minimum atomic E-state index is -3.65. The maximum absolute atomic E-state index is 11.7. The van der Waals surface area contributed by atoms with Crippen molar-refractivity contribution in [3.05, 3.63) is 0 Å². The largest absolute Gasteiger partial charge is 0.480 e. The van der Waals surface area contributed by atoms with Crippen LogP contribution in [0.4, 0.5) is 4.79 Å². The van der Waals surface area contributed by atoms with Gasteiger partial charge in [-0.25, -0.2) is 23.1 Å². The molecule has 0 unspecified atom stereocenters. The van der Waals surface area contributed by atoms with Crippen LogP contribution in [-0.2, 0) is 14.8 Å². The molecule has 5 N–H and O–H groups in total. The Bertz CT molecular complexity index is 483. The lowest BCUT2D eigenvalue weighted by Crippen LogP contribution is -2.59. The van der Waals surface area contributed by atoms with Gasteiger partial charge in [0.1, 0.15) is 5.54 Å². The van der Waals surface area contributed by atoms with Gasteiger partial charge in [0.25, 0.3) is 0 Å². The topological polar surface area (TPSA) is 139 Å². The van der Waals surface area contributed by atoms with E-state index in [1.165, 1.54) is 0 Å². The van der Waals surface area contributed by atoms with Gasteiger partial charge in [-0.15, -0.1) is 0 Å². The average molecular weight is 321 g/mol. The van der Waals surface area contributed by atoms with Crippen molar-refractivity contribution >= 4 is 22.0 Å². The number of amides is 2. The maximum atomic E-state index is 11.7. The van der Waals surface area contributed by atoms with E-state index < -0.39 is 33.3 Å². The van der Waals surface area contributed by atoms with Crippen molar-refractivity contribution in [2.75, 3.05) is 12.3 Å². The number of hydrogen-bond acceptors (Lipinski definition) is 4. The number of nitrogens with one attached hydrogen (secondary N) is 2. The normalized spacial score (nSPS) is 26.1. The molecule has 0 spiro atoms. The van der Waals surface area contributed by atoms with E-state index in [4.69, 9.17) is 5.14 Å². The molecule has 1 fully saturated rings. The molecule has 0 heterocycles. The second kappa shape index (κ2) is 7.08. The second-order valence-corrected chi connectivity index (χ2v) is 7.22. The van der Waals surface area contributed by atoms with Crippen molar-refractivity contribution in [3.8, 4) is 0 Å². The third kappa shape index (κ3) is 5.50. The standard InChI is InChI=1S/C12H23N3O5S/c1-2-9-3-5-12(6-4-9,10(16)17)15-11(18)14-7-8-21(13,19)20/h9H,2-8H2,1H3,(H,16,17)(H2,13,19,20)(H2,14,15,18). The third-order valence-corrected chi connectivity index (χ3v) is 4.74. The summed E-state index contributed by atoms with van der Waals surface area (Å²) in [6, 6.07) is -0.684. The SMILES string of the molecule is CCC1CCC(NC(=O)NCCS(N)(=O)=O)(C(=O)O)CC1. The van der Waals surface area contributed by atoms with Crippen molar-refractivity contribution < 1.29 is 23.1 Å². The number of nitrogens with two attached hydrogens (primary N) is 1. The summed E-state index contributed by atoms with van der Waals surface area (Å²) in [5.41, 5.74) is -1.27. The molecule has 1 aliphatic rings. The Morgan fingerprint density at radius 1 is 1.33 bits per heavy atom. The van der Waals surface area contributed by atoms with E-state index in [0.717, 1.165) is 19.3 Å². The molecular weight excluding hydrogens is 298 g/mol. The van der Waals surface area contributed by atoms with Crippen molar-refractivity contribution in [3.63, 3.8) is 0 Å². The molecule has 0 aromatic rings. The summed E-state index contributed by atoms with van der Waals surface area (Å²) in [6.45, 7) is 1.91. The Balaban J connectivity index is 2.55. The highest BCUT2D eigenvalue weighted by Crippen LogP contribution is 2.33. The van der Waals surface area contributed by atoms with Gasteiger partial charge >= 0.3 is 12.0 Å². The van der Waals surface area contributed by atoms with Crippen LogP contribution < -0.4 is 15.8 Å². The van der Waals surface area contributed by atoms with Crippen LogP contribution in [0.25, 0.3) is 0 Å². The lowest BCUT2D eigenvalue weighted by Gasteiger charge is -2.37. The van der Waals surface area contributed by atoms with E-state index >= 15 is 0 Å². The maximum Gasteiger partial charge on any atom is 0.329 e. The van der Waals surface area contributed by atoms with E-state index in [1.54, 1.807) is 0 Å². The number of carboxylic acid groups (broad SMARTS) is 1. The number of carboxylic acids is 1. The van der Waals surface area contributed by atoms with Gasteiger partial charge in [-0.3, -0.25) is 0 Å². The first-order chi connectivity index (χ1) is 9.68. The summed E-state index contributed by atoms with van der Waals surface area (Å²) < 4.78 is 21.5. The van der Waals surface area contributed by atoms with Gasteiger partial charge in [0, 0.05) is 6.54 Å². The van der Waals surface area contributed by atoms with E-state index in [0.29, 0.717) is 18.8 Å². The highest BCUT2D eigenvalue weighted by atomic mass is 32.2. The fourth-order valence-electron chi connectivity index (χ4n) is 2.54. The predicted molar refractivity (Wildman–Crippen MR) is 77.1 cm³/mol. The molecule has 122 valence electrons. The van der Waals surface area contributed by atoms with Gasteiger partial charge in [0.2, 0.25) is 10.0 Å². The molecule has 8 nitrogen and oxygen atoms in total. The van der Waals surface area contributed by atoms with Crippen LogP contribution in [0.3, 0.4) is 0 Å². The van der Waals surface area contributed by atoms with Gasteiger partial charge in [-0.1, -0.05) is 13.3 Å². The minimum absolute atomic E-state index is 0.155. The molecule has 2 amide bonds. The van der Waals surface area contributed by atoms with Gasteiger partial charge in [-0.05, 0) is 31.6 Å². The number of rotatable bonds is 6. The molecule has 0 aromatic heterocycles. The molecule has 0 atom stereocenters. The van der Waals surface area contributed by atoms with Crippen LogP contribution in [0.15, 0.2) is 0 Å². The second-order valence-electron chi connectivity index (χ2n) is 5.49. The molecule has 1 saturated carbocycles. The van der Waals surface area contributed by atoms with Gasteiger partial charge in [-0.2, -0.15) is 0 Å². The van der Waals surface area contributed by atoms with Crippen LogP contribution in [0.5, 0.6) is 0 Å². The molecule has 0 aliphatic heterocycles. The monoisotopic (exact) mass is 321 g/mol. The Morgan fingerprint density at radius 2 is 1.90 bits per heavy atom. The third-order valence-electron chi connectivity index (χ3n) is 3.97. The number of urea groups is 1. The molecule has 0 bridgehead atoms. The van der Waals surface area contributed by atoms with E-state index in [2.05, 4.69) is 17.6 Å². The van der Waals surface area contributed by atoms with Crippen LogP contribution in [0.1, 0.15) is 39.0 Å². The van der Waals surface area contributed by atoms with Crippen molar-refractivity contribution in [1.82, 2.24) is 10.6 Å². The fourth-order valence-corrected chi connectivity index (χ4v) is 2.93. The van der Waals surface area contributed by atoms with E-state index in [9.17, 15) is 23.1 Å². The summed E-state index contributed by atoms with van der Waals surface area (Å²) in [5, 5.41) is 19.0. The number of sulfonamides is 1. The Kier molecular flexibility index (Phi) is 5.97. The first kappa shape index (κ1) is 17.7. The van der Waals surface area contributed by atoms with Crippen LogP contribution in [0.2, 0.25) is 0 Å². The smallest absolute Gasteiger partial charge is 0.329 e. The first-order valence-corrected chi connectivity index (χ1v) is 8.70. The summed E-state index contributed by atoms with van der Waals surface area (Å²) in [6.07, 6.45) is 3.25. The molecule has 21 heavy (non-hydrogen) atoms. The zero-order chi connectivity index (χ0) is 16.1. The summed E-state index contributed by atoms with van der Waals surface area (Å²) in [5.74, 6) is -0.957. The average Bonchev–Trinajstić information content (AvgIpc) is 2.37. The highest BCUT2D eigenvalue weighted by Gasteiger charge is 2.42. The molecule has 9 heteroatoms. The summed E-state index contributed by atoms with van der Waals surface area (Å²) in [7, 11) is -3.65. The molecule has 1 rings (SSSR count). The minimum Gasteiger partial charge on any atom is -0.480 e. The van der Waals surface area contributed by atoms with Gasteiger partial charge < -0.3 is 15.7 Å². The van der Waals surface area contributed by atoms with Gasteiger partial charge in [0.15, 0.2) is 0 Å². The molecule has 0 saturated heterocycles. The van der Waals surface area contributed by atoms with E-state index in [1.807, 2.05) is 0 Å². The quantitative estimate of drug-likeness (QED) is 0.545. The van der Waals surface area contributed by atoms with Crippen molar-refractivity contribution in [1.29, 1.82) is 0 Å². The van der Waals surface area contributed by atoms with Crippen LogP contribution in [0, 0.1) is 5.92 Å². The lowest BCUT2D eigenvalue weighted by atomic mass is 9.75. The Labute approximate surface area is 124 Å². The van der Waals surface area contributed by atoms with Crippen molar-refractivity contribution in [2.24, 2.45) is 11.1 Å².